The molecule has 1 heterocycles. The van der Waals surface area contributed by atoms with Gasteiger partial charge in [-0.05, 0) is 19.2 Å². The molecule has 0 bridgehead atoms. The summed E-state index contributed by atoms with van der Waals surface area (Å²) in [5.74, 6) is 0. The van der Waals surface area contributed by atoms with Crippen molar-refractivity contribution in [2.45, 2.75) is 6.42 Å². The van der Waals surface area contributed by atoms with E-state index >= 15 is 0 Å². The summed E-state index contributed by atoms with van der Waals surface area (Å²) >= 11 is 0. The molecule has 0 saturated heterocycles. The van der Waals surface area contributed by atoms with Crippen molar-refractivity contribution in [2.75, 3.05) is 19.6 Å². The molecule has 2 heteroatoms. The van der Waals surface area contributed by atoms with Crippen molar-refractivity contribution in [3.05, 3.63) is 12.3 Å². The second kappa shape index (κ2) is 3.50. The third-order valence-corrected chi connectivity index (χ3v) is 1.17. The first-order valence-electron chi connectivity index (χ1n) is 3.09. The first kappa shape index (κ1) is 5.63. The average molecular weight is 112 g/mol. The highest BCUT2D eigenvalue weighted by Gasteiger charge is 1.86. The quantitative estimate of drug-likeness (QED) is 0.464. The fraction of sp³-hybridized carbons (Fsp3) is 0.667. The van der Waals surface area contributed by atoms with E-state index in [0.29, 0.717) is 0 Å². The second-order valence-electron chi connectivity index (χ2n) is 1.91. The van der Waals surface area contributed by atoms with Crippen LogP contribution in [0.15, 0.2) is 12.3 Å². The average Bonchev–Trinajstić information content (AvgIpc) is 1.62. The molecule has 8 heavy (non-hydrogen) atoms. The van der Waals surface area contributed by atoms with Gasteiger partial charge in [-0.25, -0.2) is 0 Å². The number of nitrogens with one attached hydrogen (secondary N) is 2. The third-order valence-electron chi connectivity index (χ3n) is 1.17. The molecule has 46 valence electrons. The monoisotopic (exact) mass is 112 g/mol. The molecule has 0 saturated carbocycles. The van der Waals surface area contributed by atoms with Crippen LogP contribution in [0.5, 0.6) is 0 Å². The van der Waals surface area contributed by atoms with Crippen LogP contribution in [-0.4, -0.2) is 19.6 Å². The molecule has 0 radical (unpaired) electrons. The zero-order valence-corrected chi connectivity index (χ0v) is 4.98. The lowest BCUT2D eigenvalue weighted by Gasteiger charge is -2.05. The molecule has 0 aromatic rings. The molecular formula is C6H12N2. The van der Waals surface area contributed by atoms with Crippen molar-refractivity contribution in [1.82, 2.24) is 10.6 Å². The van der Waals surface area contributed by atoms with Crippen molar-refractivity contribution in [3.63, 3.8) is 0 Å². The van der Waals surface area contributed by atoms with Gasteiger partial charge in [-0.2, -0.15) is 0 Å². The predicted molar refractivity (Wildman–Crippen MR) is 34.6 cm³/mol. The minimum absolute atomic E-state index is 1.01. The Balaban J connectivity index is 2.17. The summed E-state index contributed by atoms with van der Waals surface area (Å²) in [6.07, 6.45) is 5.33. The predicted octanol–water partition coefficient (Wildman–Crippen LogP) is 0.0830. The highest BCUT2D eigenvalue weighted by Crippen LogP contribution is 1.77. The van der Waals surface area contributed by atoms with Gasteiger partial charge in [0.1, 0.15) is 0 Å². The van der Waals surface area contributed by atoms with E-state index in [1.807, 2.05) is 6.20 Å². The molecule has 0 amide bonds. The van der Waals surface area contributed by atoms with Crippen LogP contribution < -0.4 is 10.6 Å². The summed E-state index contributed by atoms with van der Waals surface area (Å²) in [7, 11) is 0. The van der Waals surface area contributed by atoms with E-state index in [1.165, 1.54) is 6.42 Å². The Labute approximate surface area is 50.0 Å². The third kappa shape index (κ3) is 1.98. The number of hydrogen-bond acceptors (Lipinski definition) is 2. The van der Waals surface area contributed by atoms with Gasteiger partial charge in [-0.15, -0.1) is 0 Å². The molecule has 0 unspecified atom stereocenters. The second-order valence-corrected chi connectivity index (χ2v) is 1.91. The fourth-order valence-corrected chi connectivity index (χ4v) is 0.726. The summed E-state index contributed by atoms with van der Waals surface area (Å²) in [4.78, 5) is 0. The smallest absolute Gasteiger partial charge is 0.0153 e. The molecule has 1 aliphatic rings. The van der Waals surface area contributed by atoms with Gasteiger partial charge >= 0.3 is 0 Å². The summed E-state index contributed by atoms with van der Waals surface area (Å²) in [6.45, 7) is 3.24. The molecule has 0 aromatic carbocycles. The zero-order valence-electron chi connectivity index (χ0n) is 4.98. The van der Waals surface area contributed by atoms with Gasteiger partial charge in [-0.1, -0.05) is 6.08 Å². The van der Waals surface area contributed by atoms with Crippen LogP contribution >= 0.6 is 0 Å². The minimum atomic E-state index is 1.01. The topological polar surface area (TPSA) is 24.1 Å². The highest BCUT2D eigenvalue weighted by atomic mass is 14.9. The molecule has 0 atom stereocenters. The lowest BCUT2D eigenvalue weighted by Crippen LogP contribution is -2.22. The van der Waals surface area contributed by atoms with E-state index < -0.39 is 0 Å². The van der Waals surface area contributed by atoms with Crippen molar-refractivity contribution in [3.8, 4) is 0 Å². The van der Waals surface area contributed by atoms with Gasteiger partial charge in [-0.3, -0.25) is 0 Å². The van der Waals surface area contributed by atoms with E-state index in [0.717, 1.165) is 19.6 Å². The molecule has 2 N–H and O–H groups in total. The van der Waals surface area contributed by atoms with Crippen LogP contribution in [0.4, 0.5) is 0 Å². The Morgan fingerprint density at radius 1 is 1.25 bits per heavy atom. The van der Waals surface area contributed by atoms with Gasteiger partial charge in [0.2, 0.25) is 0 Å². The summed E-state index contributed by atoms with van der Waals surface area (Å²) in [6, 6.07) is 0. The standard InChI is InChI=1S/C6H12N2/c1-3-7-5-2-6-8-4-1/h1,3,7-8H,2,4-6H2/b3-1-. The normalized spacial score (nSPS) is 25.0. The number of hydrogen-bond donors (Lipinski definition) is 2. The van der Waals surface area contributed by atoms with Crippen molar-refractivity contribution in [1.29, 1.82) is 0 Å². The lowest BCUT2D eigenvalue weighted by molar-refractivity contribution is 0.651. The van der Waals surface area contributed by atoms with Crippen LogP contribution in [0.2, 0.25) is 0 Å². The Morgan fingerprint density at radius 3 is 3.25 bits per heavy atom. The molecule has 1 rings (SSSR count). The van der Waals surface area contributed by atoms with Gasteiger partial charge < -0.3 is 10.6 Å². The maximum absolute atomic E-state index is 3.26. The van der Waals surface area contributed by atoms with E-state index in [9.17, 15) is 0 Å². The van der Waals surface area contributed by atoms with Crippen LogP contribution in [0.1, 0.15) is 6.42 Å². The largest absolute Gasteiger partial charge is 0.391 e. The van der Waals surface area contributed by atoms with E-state index in [4.69, 9.17) is 0 Å². The lowest BCUT2D eigenvalue weighted by atomic mass is 10.4. The van der Waals surface area contributed by atoms with Gasteiger partial charge in [0.15, 0.2) is 0 Å². The minimum Gasteiger partial charge on any atom is -0.391 e. The Hall–Kier alpha value is -0.500. The van der Waals surface area contributed by atoms with Crippen LogP contribution in [0, 0.1) is 0 Å². The molecule has 0 aromatic heterocycles. The van der Waals surface area contributed by atoms with Crippen molar-refractivity contribution in [2.24, 2.45) is 0 Å². The Morgan fingerprint density at radius 2 is 2.25 bits per heavy atom. The van der Waals surface area contributed by atoms with Crippen molar-refractivity contribution < 1.29 is 0 Å². The van der Waals surface area contributed by atoms with E-state index in [1.54, 1.807) is 0 Å². The summed E-state index contributed by atoms with van der Waals surface area (Å²) < 4.78 is 0. The molecule has 1 aliphatic heterocycles. The maximum Gasteiger partial charge on any atom is 0.0153 e. The van der Waals surface area contributed by atoms with Gasteiger partial charge in [0.25, 0.3) is 0 Å². The molecule has 0 fully saturated rings. The van der Waals surface area contributed by atoms with Gasteiger partial charge in [0, 0.05) is 13.1 Å². The van der Waals surface area contributed by atoms with Crippen LogP contribution in [0.3, 0.4) is 0 Å². The van der Waals surface area contributed by atoms with Crippen LogP contribution in [0.25, 0.3) is 0 Å². The number of rotatable bonds is 0. The zero-order chi connectivity index (χ0) is 5.66. The Kier molecular flexibility index (Phi) is 2.46. The Bertz CT molecular complexity index is 68.6. The maximum atomic E-state index is 3.26. The van der Waals surface area contributed by atoms with E-state index in [-0.39, 0.29) is 0 Å². The first-order chi connectivity index (χ1) is 4.00. The van der Waals surface area contributed by atoms with Crippen LogP contribution in [-0.2, 0) is 0 Å². The van der Waals surface area contributed by atoms with Gasteiger partial charge in [0.05, 0.1) is 0 Å². The van der Waals surface area contributed by atoms with Crippen molar-refractivity contribution >= 4 is 0 Å². The fourth-order valence-electron chi connectivity index (χ4n) is 0.726. The molecular weight excluding hydrogens is 100 g/mol. The molecule has 2 nitrogen and oxygen atoms in total. The summed E-state index contributed by atoms with van der Waals surface area (Å²) in [5, 5.41) is 6.43. The molecule has 0 aliphatic carbocycles. The molecule has 0 spiro atoms. The summed E-state index contributed by atoms with van der Waals surface area (Å²) in [5.41, 5.74) is 0. The SMILES string of the molecule is C1=C\NCCCNC/1. The van der Waals surface area contributed by atoms with E-state index in [2.05, 4.69) is 16.7 Å². The highest BCUT2D eigenvalue weighted by molar-refractivity contribution is 4.83. The first-order valence-corrected chi connectivity index (χ1v) is 3.09.